The van der Waals surface area contributed by atoms with Gasteiger partial charge in [-0.1, -0.05) is 46.9 Å². The lowest BCUT2D eigenvalue weighted by Crippen LogP contribution is -1.82. The van der Waals surface area contributed by atoms with Gasteiger partial charge in [-0.05, 0) is 54.1 Å². The van der Waals surface area contributed by atoms with E-state index in [0.717, 1.165) is 11.1 Å². The minimum atomic E-state index is 0.469. The van der Waals surface area contributed by atoms with Gasteiger partial charge in [-0.15, -0.1) is 11.3 Å². The average Bonchev–Trinajstić information content (AvgIpc) is 3.37. The number of thiazole rings is 1. The largest absolute Gasteiger partial charge is 0.454 e. The van der Waals surface area contributed by atoms with Crippen LogP contribution in [0.5, 0.6) is 0 Å². The van der Waals surface area contributed by atoms with E-state index in [1.807, 2.05) is 35.7 Å². The average molecular weight is 458 g/mol. The first-order chi connectivity index (χ1) is 14.0. The number of hydrogen-bond acceptors (Lipinski definition) is 4. The summed E-state index contributed by atoms with van der Waals surface area (Å²) >= 11 is 19.5. The summed E-state index contributed by atoms with van der Waals surface area (Å²) in [7, 11) is 0. The molecule has 2 aromatic carbocycles. The number of allylic oxidation sites excluding steroid dienone is 1. The molecule has 0 radical (unpaired) electrons. The van der Waals surface area contributed by atoms with Gasteiger partial charge in [-0.3, -0.25) is 0 Å². The fourth-order valence-corrected chi connectivity index (χ4v) is 4.09. The first kappa shape index (κ1) is 19.8. The van der Waals surface area contributed by atoms with Crippen molar-refractivity contribution in [1.29, 1.82) is 5.26 Å². The fourth-order valence-electron chi connectivity index (χ4n) is 2.69. The summed E-state index contributed by atoms with van der Waals surface area (Å²) in [6.45, 7) is 0. The van der Waals surface area contributed by atoms with Crippen molar-refractivity contribution in [1.82, 2.24) is 4.98 Å². The molecule has 2 aromatic heterocycles. The van der Waals surface area contributed by atoms with Gasteiger partial charge < -0.3 is 4.42 Å². The van der Waals surface area contributed by atoms with Crippen LogP contribution >= 0.6 is 46.1 Å². The summed E-state index contributed by atoms with van der Waals surface area (Å²) in [6.07, 6.45) is 1.78. The van der Waals surface area contributed by atoms with E-state index >= 15 is 0 Å². The van der Waals surface area contributed by atoms with Crippen molar-refractivity contribution in [3.63, 3.8) is 0 Å². The monoisotopic (exact) mass is 456 g/mol. The molecule has 2 heterocycles. The molecular formula is C22H11Cl3N2OS. The van der Waals surface area contributed by atoms with Gasteiger partial charge in [-0.2, -0.15) is 5.26 Å². The molecule has 4 rings (SSSR count). The van der Waals surface area contributed by atoms with Gasteiger partial charge in [0.25, 0.3) is 0 Å². The van der Waals surface area contributed by atoms with Gasteiger partial charge in [0.05, 0.1) is 10.6 Å². The molecule has 0 aliphatic rings. The maximum absolute atomic E-state index is 9.55. The first-order valence-electron chi connectivity index (χ1n) is 8.42. The number of hydrogen-bond donors (Lipinski definition) is 0. The van der Waals surface area contributed by atoms with Crippen molar-refractivity contribution in [2.24, 2.45) is 0 Å². The zero-order valence-corrected chi connectivity index (χ0v) is 17.8. The van der Waals surface area contributed by atoms with E-state index in [9.17, 15) is 5.26 Å². The third-order valence-corrected chi connectivity index (χ3v) is 5.77. The second-order valence-electron chi connectivity index (χ2n) is 6.05. The Balaban J connectivity index is 1.63. The second-order valence-corrected chi connectivity index (χ2v) is 8.19. The van der Waals surface area contributed by atoms with Crippen molar-refractivity contribution in [3.05, 3.63) is 85.6 Å². The number of aromatic nitrogens is 1. The Kier molecular flexibility index (Phi) is 5.75. The normalized spacial score (nSPS) is 11.4. The Labute approximate surface area is 186 Å². The van der Waals surface area contributed by atoms with Crippen LogP contribution in [-0.2, 0) is 0 Å². The molecule has 0 N–H and O–H groups in total. The highest BCUT2D eigenvalue weighted by atomic mass is 35.5. The zero-order valence-electron chi connectivity index (χ0n) is 14.7. The molecule has 0 unspecified atom stereocenters. The molecule has 0 aliphatic heterocycles. The number of rotatable bonds is 4. The number of halogens is 3. The molecule has 3 nitrogen and oxygen atoms in total. The van der Waals surface area contributed by atoms with Crippen molar-refractivity contribution in [2.75, 3.05) is 0 Å². The van der Waals surface area contributed by atoms with Crippen LogP contribution in [0, 0.1) is 11.3 Å². The van der Waals surface area contributed by atoms with Crippen LogP contribution in [0.4, 0.5) is 0 Å². The third-order valence-electron chi connectivity index (χ3n) is 4.09. The summed E-state index contributed by atoms with van der Waals surface area (Å²) in [5.74, 6) is 1.21. The molecule has 4 aromatic rings. The molecule has 0 aliphatic carbocycles. The number of furan rings is 1. The topological polar surface area (TPSA) is 49.8 Å². The SMILES string of the molecule is N#C/C(=C\c1ccc(Cl)cc1)c1nc(-c2ccc(-c3ccc(Cl)cc3Cl)o2)cs1. The Hall–Kier alpha value is -2.55. The van der Waals surface area contributed by atoms with Crippen molar-refractivity contribution < 1.29 is 4.42 Å². The van der Waals surface area contributed by atoms with Crippen LogP contribution < -0.4 is 0 Å². The minimum Gasteiger partial charge on any atom is -0.454 e. The van der Waals surface area contributed by atoms with Gasteiger partial charge in [-0.25, -0.2) is 4.98 Å². The summed E-state index contributed by atoms with van der Waals surface area (Å²) in [5.41, 5.74) is 2.74. The molecular weight excluding hydrogens is 447 g/mol. The molecule has 0 atom stereocenters. The quantitative estimate of drug-likeness (QED) is 0.291. The second kappa shape index (κ2) is 8.44. The molecule has 0 fully saturated rings. The molecule has 0 saturated carbocycles. The highest BCUT2D eigenvalue weighted by molar-refractivity contribution is 7.11. The lowest BCUT2D eigenvalue weighted by atomic mass is 10.1. The van der Waals surface area contributed by atoms with Crippen molar-refractivity contribution >= 4 is 57.8 Å². The van der Waals surface area contributed by atoms with E-state index < -0.39 is 0 Å². The van der Waals surface area contributed by atoms with Gasteiger partial charge in [0.2, 0.25) is 0 Å². The van der Waals surface area contributed by atoms with Crippen LogP contribution in [0.25, 0.3) is 34.4 Å². The van der Waals surface area contributed by atoms with Gasteiger partial charge in [0, 0.05) is 21.0 Å². The van der Waals surface area contributed by atoms with E-state index in [4.69, 9.17) is 39.2 Å². The smallest absolute Gasteiger partial charge is 0.154 e. The Morgan fingerprint density at radius 1 is 0.966 bits per heavy atom. The maximum Gasteiger partial charge on any atom is 0.154 e. The molecule has 0 spiro atoms. The number of nitrogens with zero attached hydrogens (tertiary/aromatic N) is 2. The molecule has 29 heavy (non-hydrogen) atoms. The van der Waals surface area contributed by atoms with Gasteiger partial charge >= 0.3 is 0 Å². The summed E-state index contributed by atoms with van der Waals surface area (Å²) in [6, 6.07) is 18.4. The summed E-state index contributed by atoms with van der Waals surface area (Å²) in [4.78, 5) is 4.56. The van der Waals surface area contributed by atoms with Crippen LogP contribution in [0.3, 0.4) is 0 Å². The fraction of sp³-hybridized carbons (Fsp3) is 0. The lowest BCUT2D eigenvalue weighted by Gasteiger charge is -2.01. The van der Waals surface area contributed by atoms with E-state index in [0.29, 0.717) is 42.9 Å². The predicted molar refractivity (Wildman–Crippen MR) is 120 cm³/mol. The summed E-state index contributed by atoms with van der Waals surface area (Å²) in [5, 5.41) is 13.7. The van der Waals surface area contributed by atoms with Crippen LogP contribution in [-0.4, -0.2) is 4.98 Å². The van der Waals surface area contributed by atoms with Crippen LogP contribution in [0.15, 0.2) is 64.4 Å². The van der Waals surface area contributed by atoms with Crippen molar-refractivity contribution in [2.45, 2.75) is 0 Å². The van der Waals surface area contributed by atoms with E-state index in [-0.39, 0.29) is 0 Å². The Bertz CT molecular complexity index is 1250. The molecule has 0 bridgehead atoms. The number of nitriles is 1. The molecule has 0 saturated heterocycles. The Morgan fingerprint density at radius 3 is 2.41 bits per heavy atom. The van der Waals surface area contributed by atoms with Crippen LogP contribution in [0.1, 0.15) is 10.6 Å². The predicted octanol–water partition coefficient (Wildman–Crippen LogP) is 8.09. The van der Waals surface area contributed by atoms with Crippen LogP contribution in [0.2, 0.25) is 15.1 Å². The van der Waals surface area contributed by atoms with E-state index in [2.05, 4.69) is 11.1 Å². The summed E-state index contributed by atoms with van der Waals surface area (Å²) < 4.78 is 5.93. The van der Waals surface area contributed by atoms with E-state index in [1.54, 1.807) is 30.3 Å². The molecule has 142 valence electrons. The zero-order chi connectivity index (χ0) is 20.4. The van der Waals surface area contributed by atoms with Crippen molar-refractivity contribution in [3.8, 4) is 28.8 Å². The number of benzene rings is 2. The standard InChI is InChI=1S/C22H11Cl3N2OS/c23-15-3-1-13(2-4-15)9-14(11-26)22-27-19(12-29-22)21-8-7-20(28-21)17-6-5-16(24)10-18(17)25/h1-10,12H/b14-9+. The van der Waals surface area contributed by atoms with Gasteiger partial charge in [0.15, 0.2) is 5.76 Å². The lowest BCUT2D eigenvalue weighted by molar-refractivity contribution is 0.595. The molecule has 0 amide bonds. The van der Waals surface area contributed by atoms with Gasteiger partial charge in [0.1, 0.15) is 22.5 Å². The Morgan fingerprint density at radius 2 is 1.69 bits per heavy atom. The minimum absolute atomic E-state index is 0.469. The third kappa shape index (κ3) is 4.39. The van der Waals surface area contributed by atoms with E-state index in [1.165, 1.54) is 11.3 Å². The highest BCUT2D eigenvalue weighted by Crippen LogP contribution is 2.35. The maximum atomic E-state index is 9.55. The highest BCUT2D eigenvalue weighted by Gasteiger charge is 2.14. The molecule has 7 heteroatoms. The first-order valence-corrected chi connectivity index (χ1v) is 10.4.